The van der Waals surface area contributed by atoms with Crippen molar-refractivity contribution in [1.29, 1.82) is 5.41 Å². The minimum atomic E-state index is 0.0908. The summed E-state index contributed by atoms with van der Waals surface area (Å²) in [6, 6.07) is 13.9. The number of aryl methyl sites for hydroxylation is 2. The SMILES string of the molecule is CCc1cccc(C)c1.CN=NC(=N)c1ccccn1. The molecule has 0 radical (unpaired) electrons. The minimum Gasteiger partial charge on any atom is -0.279 e. The van der Waals surface area contributed by atoms with Crippen molar-refractivity contribution in [1.82, 2.24) is 4.98 Å². The van der Waals surface area contributed by atoms with E-state index >= 15 is 0 Å². The fourth-order valence-electron chi connectivity index (χ4n) is 1.59. The maximum absolute atomic E-state index is 7.31. The third-order valence-electron chi connectivity index (χ3n) is 2.60. The van der Waals surface area contributed by atoms with E-state index in [1.165, 1.54) is 18.2 Å². The number of nitrogens with zero attached hydrogens (tertiary/aromatic N) is 3. The molecule has 0 aliphatic carbocycles. The second-order valence-electron chi connectivity index (χ2n) is 4.21. The van der Waals surface area contributed by atoms with Crippen molar-refractivity contribution in [3.05, 3.63) is 65.5 Å². The standard InChI is InChI=1S/C9H12.C7H8N4/c1-3-9-6-4-5-8(2)7-9;1-9-11-7(8)6-4-2-3-5-10-6/h4-7H,3H2,1-2H3;2-5,8H,1H3. The second-order valence-corrected chi connectivity index (χ2v) is 4.21. The van der Waals surface area contributed by atoms with E-state index in [1.54, 1.807) is 18.3 Å². The summed E-state index contributed by atoms with van der Waals surface area (Å²) in [5.41, 5.74) is 3.32. The summed E-state index contributed by atoms with van der Waals surface area (Å²) in [7, 11) is 1.53. The molecular weight excluding hydrogens is 248 g/mol. The van der Waals surface area contributed by atoms with Crippen molar-refractivity contribution in [3.63, 3.8) is 0 Å². The Morgan fingerprint density at radius 3 is 2.50 bits per heavy atom. The lowest BCUT2D eigenvalue weighted by molar-refractivity contribution is 1.13. The third kappa shape index (κ3) is 5.52. The topological polar surface area (TPSA) is 61.5 Å². The van der Waals surface area contributed by atoms with E-state index in [2.05, 4.69) is 53.3 Å². The highest BCUT2D eigenvalue weighted by atomic mass is 15.1. The van der Waals surface area contributed by atoms with Gasteiger partial charge in [0.25, 0.3) is 0 Å². The van der Waals surface area contributed by atoms with Crippen LogP contribution in [-0.4, -0.2) is 17.9 Å². The first-order chi connectivity index (χ1) is 9.67. The molecule has 0 fully saturated rings. The van der Waals surface area contributed by atoms with Gasteiger partial charge in [0.2, 0.25) is 0 Å². The van der Waals surface area contributed by atoms with Gasteiger partial charge in [0.1, 0.15) is 5.69 Å². The number of hydrogen-bond donors (Lipinski definition) is 1. The van der Waals surface area contributed by atoms with Crippen LogP contribution in [0.3, 0.4) is 0 Å². The zero-order chi connectivity index (χ0) is 14.8. The molecule has 0 spiro atoms. The van der Waals surface area contributed by atoms with Crippen LogP contribution < -0.4 is 0 Å². The predicted molar refractivity (Wildman–Crippen MR) is 82.4 cm³/mol. The van der Waals surface area contributed by atoms with Crippen LogP contribution in [0.1, 0.15) is 23.7 Å². The van der Waals surface area contributed by atoms with Crippen molar-refractivity contribution in [2.24, 2.45) is 10.2 Å². The van der Waals surface area contributed by atoms with Crippen molar-refractivity contribution in [3.8, 4) is 0 Å². The molecular formula is C16H20N4. The Labute approximate surface area is 120 Å². The molecule has 0 amide bonds. The van der Waals surface area contributed by atoms with Crippen molar-refractivity contribution in [2.45, 2.75) is 20.3 Å². The van der Waals surface area contributed by atoms with Gasteiger partial charge in [-0.25, -0.2) is 0 Å². The van der Waals surface area contributed by atoms with Crippen LogP contribution in [0.15, 0.2) is 58.9 Å². The van der Waals surface area contributed by atoms with E-state index in [-0.39, 0.29) is 5.84 Å². The average Bonchev–Trinajstić information content (AvgIpc) is 2.49. The van der Waals surface area contributed by atoms with E-state index in [1.807, 2.05) is 6.07 Å². The summed E-state index contributed by atoms with van der Waals surface area (Å²) in [6.45, 7) is 4.30. The van der Waals surface area contributed by atoms with Crippen LogP contribution in [0.4, 0.5) is 0 Å². The fraction of sp³-hybridized carbons (Fsp3) is 0.250. The zero-order valence-corrected chi connectivity index (χ0v) is 12.2. The van der Waals surface area contributed by atoms with Crippen molar-refractivity contribution in [2.75, 3.05) is 7.05 Å². The molecule has 104 valence electrons. The van der Waals surface area contributed by atoms with Gasteiger partial charge in [-0.1, -0.05) is 42.8 Å². The molecule has 0 aliphatic heterocycles. The van der Waals surface area contributed by atoms with E-state index < -0.39 is 0 Å². The van der Waals surface area contributed by atoms with E-state index in [0.29, 0.717) is 5.69 Å². The van der Waals surface area contributed by atoms with Crippen LogP contribution in [-0.2, 0) is 6.42 Å². The van der Waals surface area contributed by atoms with Gasteiger partial charge in [-0.05, 0) is 31.0 Å². The molecule has 1 N–H and O–H groups in total. The number of amidine groups is 1. The van der Waals surface area contributed by atoms with Gasteiger partial charge in [0.15, 0.2) is 5.84 Å². The Morgan fingerprint density at radius 1 is 1.20 bits per heavy atom. The number of pyridine rings is 1. The quantitative estimate of drug-likeness (QED) is 0.498. The Bertz CT molecular complexity index is 562. The lowest BCUT2D eigenvalue weighted by atomic mass is 10.1. The smallest absolute Gasteiger partial charge is 0.192 e. The summed E-state index contributed by atoms with van der Waals surface area (Å²) in [5.74, 6) is 0.0908. The number of hydrogen-bond acceptors (Lipinski definition) is 3. The first kappa shape index (κ1) is 15.7. The van der Waals surface area contributed by atoms with Crippen LogP contribution in [0.25, 0.3) is 0 Å². The zero-order valence-electron chi connectivity index (χ0n) is 12.2. The molecule has 0 aliphatic rings. The molecule has 4 heteroatoms. The maximum atomic E-state index is 7.31. The van der Waals surface area contributed by atoms with Gasteiger partial charge in [0, 0.05) is 13.2 Å². The molecule has 4 nitrogen and oxygen atoms in total. The van der Waals surface area contributed by atoms with Crippen molar-refractivity contribution < 1.29 is 0 Å². The Morgan fingerprint density at radius 2 is 2.00 bits per heavy atom. The van der Waals surface area contributed by atoms with E-state index in [9.17, 15) is 0 Å². The minimum absolute atomic E-state index is 0.0908. The van der Waals surface area contributed by atoms with Crippen LogP contribution in [0, 0.1) is 12.3 Å². The summed E-state index contributed by atoms with van der Waals surface area (Å²) < 4.78 is 0. The first-order valence-electron chi connectivity index (χ1n) is 6.52. The number of nitrogens with one attached hydrogen (secondary N) is 1. The van der Waals surface area contributed by atoms with Gasteiger partial charge in [-0.3, -0.25) is 10.4 Å². The second kappa shape index (κ2) is 8.69. The molecule has 20 heavy (non-hydrogen) atoms. The fourth-order valence-corrected chi connectivity index (χ4v) is 1.59. The summed E-state index contributed by atoms with van der Waals surface area (Å²) in [5, 5.41) is 14.3. The lowest BCUT2D eigenvalue weighted by Gasteiger charge is -1.95. The van der Waals surface area contributed by atoms with E-state index in [0.717, 1.165) is 6.42 Å². The number of azo groups is 1. The summed E-state index contributed by atoms with van der Waals surface area (Å²) in [6.07, 6.45) is 2.76. The normalized spacial score (nSPS) is 9.95. The summed E-state index contributed by atoms with van der Waals surface area (Å²) in [4.78, 5) is 3.92. The monoisotopic (exact) mass is 268 g/mol. The van der Waals surface area contributed by atoms with Gasteiger partial charge < -0.3 is 0 Å². The Hall–Kier alpha value is -2.36. The molecule has 0 unspecified atom stereocenters. The van der Waals surface area contributed by atoms with Crippen LogP contribution in [0.5, 0.6) is 0 Å². The van der Waals surface area contributed by atoms with Crippen molar-refractivity contribution >= 4 is 5.84 Å². The highest BCUT2D eigenvalue weighted by molar-refractivity contribution is 5.94. The lowest BCUT2D eigenvalue weighted by Crippen LogP contribution is -1.96. The van der Waals surface area contributed by atoms with Gasteiger partial charge in [-0.15, -0.1) is 5.11 Å². The highest BCUT2D eigenvalue weighted by Crippen LogP contribution is 2.03. The largest absolute Gasteiger partial charge is 0.279 e. The Balaban J connectivity index is 0.000000204. The predicted octanol–water partition coefficient (Wildman–Crippen LogP) is 4.05. The maximum Gasteiger partial charge on any atom is 0.192 e. The first-order valence-corrected chi connectivity index (χ1v) is 6.52. The summed E-state index contributed by atoms with van der Waals surface area (Å²) >= 11 is 0. The molecule has 0 atom stereocenters. The number of benzene rings is 1. The molecule has 1 aromatic heterocycles. The third-order valence-corrected chi connectivity index (χ3v) is 2.60. The molecule has 0 bridgehead atoms. The van der Waals surface area contributed by atoms with Crippen LogP contribution in [0.2, 0.25) is 0 Å². The molecule has 2 rings (SSSR count). The highest BCUT2D eigenvalue weighted by Gasteiger charge is 1.97. The van der Waals surface area contributed by atoms with Crippen LogP contribution >= 0.6 is 0 Å². The molecule has 0 saturated carbocycles. The van der Waals surface area contributed by atoms with Gasteiger partial charge in [0.05, 0.1) is 0 Å². The van der Waals surface area contributed by atoms with E-state index in [4.69, 9.17) is 5.41 Å². The molecule has 0 saturated heterocycles. The molecule has 1 aromatic carbocycles. The number of aromatic nitrogens is 1. The Kier molecular flexibility index (Phi) is 6.82. The molecule has 2 aromatic rings. The molecule has 1 heterocycles. The van der Waals surface area contributed by atoms with Gasteiger partial charge >= 0.3 is 0 Å². The van der Waals surface area contributed by atoms with Gasteiger partial charge in [-0.2, -0.15) is 5.11 Å². The average molecular weight is 268 g/mol. The number of rotatable bonds is 2.